The number of rotatable bonds is 5. The van der Waals surface area contributed by atoms with Gasteiger partial charge in [-0.1, -0.05) is 30.3 Å². The summed E-state index contributed by atoms with van der Waals surface area (Å²) in [5, 5.41) is 0. The molecule has 4 nitrogen and oxygen atoms in total. The van der Waals surface area contributed by atoms with Crippen LogP contribution in [0, 0.1) is 0 Å². The summed E-state index contributed by atoms with van der Waals surface area (Å²) in [6, 6.07) is 20.5. The minimum atomic E-state index is -1.94. The van der Waals surface area contributed by atoms with Crippen LogP contribution in [0.5, 0.6) is 0 Å². The first-order chi connectivity index (χ1) is 17.8. The zero-order chi connectivity index (χ0) is 29.6. The molecule has 2 aromatic carbocycles. The topological polar surface area (TPSA) is 40.6 Å². The second-order valence-corrected chi connectivity index (χ2v) is 40.1. The second kappa shape index (κ2) is 13.6. The summed E-state index contributed by atoms with van der Waals surface area (Å²) in [6.45, 7) is 10.2. The molecule has 2 amide bonds. The van der Waals surface area contributed by atoms with E-state index in [-0.39, 0.29) is 17.0 Å². The molecule has 0 saturated carbocycles. The summed E-state index contributed by atoms with van der Waals surface area (Å²) >= 11 is -3.47. The average Bonchev–Trinajstić information content (AvgIpc) is 3.21. The normalized spacial score (nSPS) is 20.2. The van der Waals surface area contributed by atoms with Gasteiger partial charge in [0, 0.05) is 18.5 Å². The summed E-state index contributed by atoms with van der Waals surface area (Å²) in [5.41, 5.74) is 2.45. The third-order valence-corrected chi connectivity index (χ3v) is 12.7. The first-order valence-corrected chi connectivity index (χ1v) is 30.8. The van der Waals surface area contributed by atoms with Crippen LogP contribution in [-0.4, -0.2) is 58.3 Å². The van der Waals surface area contributed by atoms with Crippen molar-refractivity contribution in [3.63, 3.8) is 0 Å². The Morgan fingerprint density at radius 3 is 1.49 bits per heavy atom. The third-order valence-electron chi connectivity index (χ3n) is 7.39. The third kappa shape index (κ3) is 10.9. The summed E-state index contributed by atoms with van der Waals surface area (Å²) in [7, 11) is 5.72. The Kier molecular flexibility index (Phi) is 11.9. The van der Waals surface area contributed by atoms with Crippen molar-refractivity contribution < 1.29 is 9.59 Å². The molecule has 2 aromatic rings. The van der Waals surface area contributed by atoms with Crippen LogP contribution in [0.3, 0.4) is 0 Å². The van der Waals surface area contributed by atoms with Gasteiger partial charge < -0.3 is 4.90 Å². The SMILES string of the molecule is CC1(C)CCC(=O)N1Cc1ccccc1.CC1(C)C[CH]([Ge]([CH3])([CH3])[CH3])C(=O)N1Cc1ccccc1.[CH3][Ge]([CH3])([CH3])[Cl]. The molecule has 216 valence electrons. The van der Waals surface area contributed by atoms with Gasteiger partial charge in [0.1, 0.15) is 0 Å². The standard InChI is InChI=1S/C16H25GeNO.C13H17NO.C3H9ClGe/c1-16(2)11-14(17(3,4)5)15(19)18(16)12-13-9-7-6-8-10-13;1-13(2)9-8-12(15)14(13)10-11-6-4-3-5-7-11;1-5(2,3)4/h6-10,14H,11-12H2,1-5H3;3-7H,8-10H2,1-2H3;1-3H3. The number of hydrogen-bond acceptors (Lipinski definition) is 2. The van der Waals surface area contributed by atoms with Crippen molar-refractivity contribution >= 4 is 47.4 Å². The second-order valence-electron chi connectivity index (χ2n) is 14.2. The molecule has 0 aromatic heterocycles. The maximum atomic E-state index is 12.7. The van der Waals surface area contributed by atoms with Crippen LogP contribution >= 0.6 is 10.0 Å². The van der Waals surface area contributed by atoms with Crippen molar-refractivity contribution in [3.8, 4) is 0 Å². The van der Waals surface area contributed by atoms with Crippen LogP contribution in [-0.2, 0) is 22.7 Å². The number of amides is 2. The van der Waals surface area contributed by atoms with Gasteiger partial charge in [-0.05, 0) is 25.8 Å². The predicted molar refractivity (Wildman–Crippen MR) is 172 cm³/mol. The van der Waals surface area contributed by atoms with Crippen LogP contribution < -0.4 is 0 Å². The first kappa shape index (κ1) is 34.0. The van der Waals surface area contributed by atoms with Crippen molar-refractivity contribution in [1.82, 2.24) is 9.80 Å². The molecule has 2 fully saturated rings. The molecule has 0 spiro atoms. The summed E-state index contributed by atoms with van der Waals surface area (Å²) in [5.74, 6) is 14.1. The quantitative estimate of drug-likeness (QED) is 0.298. The molecule has 7 heteroatoms. The first-order valence-electron chi connectivity index (χ1n) is 14.2. The van der Waals surface area contributed by atoms with Crippen molar-refractivity contribution in [1.29, 1.82) is 0 Å². The van der Waals surface area contributed by atoms with Crippen LogP contribution in [0.15, 0.2) is 60.7 Å². The van der Waals surface area contributed by atoms with Gasteiger partial charge in [0.05, 0.1) is 0 Å². The number of likely N-dealkylation sites (tertiary alicyclic amines) is 2. The Bertz CT molecular complexity index is 1070. The van der Waals surface area contributed by atoms with Gasteiger partial charge in [-0.15, -0.1) is 0 Å². The zero-order valence-electron chi connectivity index (χ0n) is 26.0. The van der Waals surface area contributed by atoms with E-state index in [0.29, 0.717) is 17.1 Å². The molecule has 0 bridgehead atoms. The molecular formula is C32H51ClGe2N2O2. The average molecular weight is 676 g/mol. The molecule has 1 atom stereocenters. The molecule has 1 unspecified atom stereocenters. The Morgan fingerprint density at radius 1 is 0.744 bits per heavy atom. The molecule has 0 N–H and O–H groups in total. The monoisotopic (exact) mass is 678 g/mol. The number of benzene rings is 2. The van der Waals surface area contributed by atoms with Gasteiger partial charge >= 0.3 is 159 Å². The molecule has 2 aliphatic rings. The van der Waals surface area contributed by atoms with E-state index >= 15 is 0 Å². The molecule has 2 saturated heterocycles. The van der Waals surface area contributed by atoms with E-state index in [2.05, 4.69) is 91.4 Å². The number of hydrogen-bond donors (Lipinski definition) is 0. The van der Waals surface area contributed by atoms with Gasteiger partial charge in [0.15, 0.2) is 0 Å². The van der Waals surface area contributed by atoms with Crippen LogP contribution in [0.25, 0.3) is 0 Å². The molecule has 39 heavy (non-hydrogen) atoms. The number of halogens is 1. The fourth-order valence-corrected chi connectivity index (χ4v) is 9.22. The van der Waals surface area contributed by atoms with Crippen molar-refractivity contribution in [2.24, 2.45) is 0 Å². The fraction of sp³-hybridized carbons (Fsp3) is 0.562. The molecular weight excluding hydrogens is 625 g/mol. The molecule has 2 aliphatic heterocycles. The summed E-state index contributed by atoms with van der Waals surface area (Å²) in [6.07, 6.45) is 2.70. The molecule has 4 rings (SSSR count). The Morgan fingerprint density at radius 2 is 1.15 bits per heavy atom. The summed E-state index contributed by atoms with van der Waals surface area (Å²) in [4.78, 5) is 28.6. The van der Waals surface area contributed by atoms with Gasteiger partial charge in [0.25, 0.3) is 0 Å². The Hall–Kier alpha value is -1.24. The van der Waals surface area contributed by atoms with Crippen LogP contribution in [0.1, 0.15) is 58.1 Å². The van der Waals surface area contributed by atoms with Gasteiger partial charge in [-0.3, -0.25) is 4.79 Å². The van der Waals surface area contributed by atoms with Crippen molar-refractivity contribution in [2.75, 3.05) is 0 Å². The van der Waals surface area contributed by atoms with E-state index in [1.54, 1.807) is 0 Å². The van der Waals surface area contributed by atoms with Gasteiger partial charge in [-0.2, -0.15) is 0 Å². The van der Waals surface area contributed by atoms with E-state index in [0.717, 1.165) is 25.9 Å². The molecule has 0 radical (unpaired) electrons. The van der Waals surface area contributed by atoms with E-state index in [9.17, 15) is 9.59 Å². The molecule has 2 heterocycles. The van der Waals surface area contributed by atoms with E-state index < -0.39 is 25.6 Å². The number of nitrogens with zero attached hydrogens (tertiary/aromatic N) is 2. The number of carbonyl (C=O) groups excluding carboxylic acids is 2. The fourth-order valence-electron chi connectivity index (χ4n) is 5.01. The van der Waals surface area contributed by atoms with E-state index in [1.807, 2.05) is 41.3 Å². The van der Waals surface area contributed by atoms with Crippen LogP contribution in [0.2, 0.25) is 39.3 Å². The van der Waals surface area contributed by atoms with E-state index in [1.165, 1.54) is 11.1 Å². The molecule has 0 aliphatic carbocycles. The maximum absolute atomic E-state index is 12.7. The minimum absolute atomic E-state index is 0.00385. The Balaban J connectivity index is 0.000000238. The van der Waals surface area contributed by atoms with Gasteiger partial charge in [-0.25, -0.2) is 0 Å². The summed E-state index contributed by atoms with van der Waals surface area (Å²) < 4.78 is 0.318. The van der Waals surface area contributed by atoms with Gasteiger partial charge in [0.2, 0.25) is 5.91 Å². The predicted octanol–water partition coefficient (Wildman–Crippen LogP) is 8.55. The van der Waals surface area contributed by atoms with E-state index in [4.69, 9.17) is 10.0 Å². The van der Waals surface area contributed by atoms with Crippen molar-refractivity contribution in [3.05, 3.63) is 71.8 Å². The Labute approximate surface area is 247 Å². The zero-order valence-corrected chi connectivity index (χ0v) is 30.9. The van der Waals surface area contributed by atoms with Crippen LogP contribution in [0.4, 0.5) is 0 Å². The number of carbonyl (C=O) groups is 2. The van der Waals surface area contributed by atoms with Crippen molar-refractivity contribution in [2.45, 2.75) is 110 Å².